The molecular weight excluding hydrogens is 252 g/mol. The molecule has 0 spiro atoms. The van der Waals surface area contributed by atoms with Crippen molar-refractivity contribution in [3.8, 4) is 0 Å². The molecular formula is C16H20N2O2. The van der Waals surface area contributed by atoms with Crippen LogP contribution in [0.5, 0.6) is 0 Å². The number of likely N-dealkylation sites (N-methyl/N-ethyl adjacent to an activating group) is 1. The van der Waals surface area contributed by atoms with Crippen LogP contribution in [0.1, 0.15) is 37.8 Å². The second-order valence-electron chi connectivity index (χ2n) is 6.36. The molecule has 4 heteroatoms. The van der Waals surface area contributed by atoms with Gasteiger partial charge in [-0.25, -0.2) is 0 Å². The van der Waals surface area contributed by atoms with E-state index in [-0.39, 0.29) is 11.8 Å². The highest BCUT2D eigenvalue weighted by molar-refractivity contribution is 6.07. The number of carbonyl (C=O) groups excluding carboxylic acids is 2. The summed E-state index contributed by atoms with van der Waals surface area (Å²) < 4.78 is 0. The third-order valence-corrected chi connectivity index (χ3v) is 4.24. The zero-order chi connectivity index (χ0) is 14.5. The third kappa shape index (κ3) is 2.09. The smallest absolute Gasteiger partial charge is 0.236 e. The Hall–Kier alpha value is -1.84. The van der Waals surface area contributed by atoms with E-state index in [0.717, 1.165) is 29.7 Å². The quantitative estimate of drug-likeness (QED) is 0.911. The van der Waals surface area contributed by atoms with Crippen LogP contribution in [0.15, 0.2) is 18.2 Å². The summed E-state index contributed by atoms with van der Waals surface area (Å²) in [5, 5.41) is 2.99. The Morgan fingerprint density at radius 2 is 2.10 bits per heavy atom. The molecule has 0 radical (unpaired) electrons. The van der Waals surface area contributed by atoms with Gasteiger partial charge in [-0.1, -0.05) is 12.1 Å². The maximum atomic E-state index is 12.2. The fourth-order valence-corrected chi connectivity index (χ4v) is 2.82. The minimum atomic E-state index is -0.507. The van der Waals surface area contributed by atoms with Crippen LogP contribution in [0.3, 0.4) is 0 Å². The molecule has 1 aliphatic carbocycles. The number of hydrogen-bond acceptors (Lipinski definition) is 2. The number of nitrogens with one attached hydrogen (secondary N) is 1. The Labute approximate surface area is 119 Å². The number of fused-ring (bicyclic) bond motifs is 1. The van der Waals surface area contributed by atoms with Crippen molar-refractivity contribution in [2.45, 2.75) is 44.6 Å². The molecule has 4 nitrogen and oxygen atoms in total. The third-order valence-electron chi connectivity index (χ3n) is 4.24. The van der Waals surface area contributed by atoms with E-state index in [1.165, 1.54) is 0 Å². The van der Waals surface area contributed by atoms with Crippen LogP contribution in [0.2, 0.25) is 0 Å². The number of hydrogen-bond donors (Lipinski definition) is 1. The molecule has 1 fully saturated rings. The van der Waals surface area contributed by atoms with E-state index in [4.69, 9.17) is 0 Å². The van der Waals surface area contributed by atoms with E-state index in [1.807, 2.05) is 32.0 Å². The summed E-state index contributed by atoms with van der Waals surface area (Å²) in [7, 11) is 1.80. The zero-order valence-corrected chi connectivity index (χ0v) is 12.2. The van der Waals surface area contributed by atoms with Crippen LogP contribution in [0.4, 0.5) is 5.69 Å². The largest absolute Gasteiger partial charge is 0.353 e. The molecule has 20 heavy (non-hydrogen) atoms. The van der Waals surface area contributed by atoms with Crippen molar-refractivity contribution in [2.24, 2.45) is 0 Å². The number of anilines is 1. The fourth-order valence-electron chi connectivity index (χ4n) is 2.82. The molecule has 1 N–H and O–H groups in total. The first-order valence-electron chi connectivity index (χ1n) is 7.10. The van der Waals surface area contributed by atoms with Gasteiger partial charge in [0.25, 0.3) is 0 Å². The summed E-state index contributed by atoms with van der Waals surface area (Å²) in [6, 6.07) is 6.28. The summed E-state index contributed by atoms with van der Waals surface area (Å²) in [6.45, 7) is 3.87. The predicted octanol–water partition coefficient (Wildman–Crippen LogP) is 1.76. The lowest BCUT2D eigenvalue weighted by atomic mass is 9.85. The van der Waals surface area contributed by atoms with Crippen LogP contribution in [-0.2, 0) is 21.4 Å². The molecule has 2 aliphatic rings. The van der Waals surface area contributed by atoms with Gasteiger partial charge in [0.15, 0.2) is 0 Å². The van der Waals surface area contributed by atoms with Crippen LogP contribution in [0.25, 0.3) is 0 Å². The van der Waals surface area contributed by atoms with Gasteiger partial charge in [-0.3, -0.25) is 9.59 Å². The van der Waals surface area contributed by atoms with E-state index in [9.17, 15) is 9.59 Å². The topological polar surface area (TPSA) is 49.4 Å². The van der Waals surface area contributed by atoms with Crippen molar-refractivity contribution >= 4 is 17.5 Å². The van der Waals surface area contributed by atoms with Gasteiger partial charge >= 0.3 is 0 Å². The second-order valence-corrected chi connectivity index (χ2v) is 6.36. The van der Waals surface area contributed by atoms with Crippen molar-refractivity contribution in [3.05, 3.63) is 29.3 Å². The Bertz CT molecular complexity index is 588. The average Bonchev–Trinajstić information content (AvgIpc) is 3.17. The number of amides is 2. The van der Waals surface area contributed by atoms with Crippen LogP contribution < -0.4 is 10.2 Å². The van der Waals surface area contributed by atoms with Crippen LogP contribution in [-0.4, -0.2) is 24.9 Å². The van der Waals surface area contributed by atoms with E-state index in [0.29, 0.717) is 12.5 Å². The van der Waals surface area contributed by atoms with Crippen molar-refractivity contribution in [2.75, 3.05) is 11.9 Å². The van der Waals surface area contributed by atoms with Crippen molar-refractivity contribution in [1.82, 2.24) is 5.32 Å². The second kappa shape index (κ2) is 4.33. The SMILES string of the molecule is CN1C(=O)C(C)(C)c2cc(CC(=O)NC3CC3)ccc21. The van der Waals surface area contributed by atoms with Gasteiger partial charge in [-0.15, -0.1) is 0 Å². The number of benzene rings is 1. The van der Waals surface area contributed by atoms with Crippen molar-refractivity contribution in [3.63, 3.8) is 0 Å². The van der Waals surface area contributed by atoms with E-state index in [1.54, 1.807) is 11.9 Å². The molecule has 0 unspecified atom stereocenters. The van der Waals surface area contributed by atoms with E-state index in [2.05, 4.69) is 5.32 Å². The van der Waals surface area contributed by atoms with E-state index < -0.39 is 5.41 Å². The van der Waals surface area contributed by atoms with Crippen LogP contribution in [0, 0.1) is 0 Å². The van der Waals surface area contributed by atoms with Gasteiger partial charge < -0.3 is 10.2 Å². The molecule has 1 saturated carbocycles. The highest BCUT2D eigenvalue weighted by atomic mass is 16.2. The van der Waals surface area contributed by atoms with Gasteiger partial charge in [0.2, 0.25) is 11.8 Å². The standard InChI is InChI=1S/C16H20N2O2/c1-16(2)12-8-10(9-14(19)17-11-5-6-11)4-7-13(12)18(3)15(16)20/h4,7-8,11H,5-6,9H2,1-3H3,(H,17,19). The van der Waals surface area contributed by atoms with Gasteiger partial charge in [-0.05, 0) is 43.9 Å². The number of nitrogens with zero attached hydrogens (tertiary/aromatic N) is 1. The Kier molecular flexibility index (Phi) is 2.85. The summed E-state index contributed by atoms with van der Waals surface area (Å²) >= 11 is 0. The molecule has 1 aromatic carbocycles. The van der Waals surface area contributed by atoms with E-state index >= 15 is 0 Å². The molecule has 1 aliphatic heterocycles. The highest BCUT2D eigenvalue weighted by Gasteiger charge is 2.42. The summed E-state index contributed by atoms with van der Waals surface area (Å²) in [4.78, 5) is 25.8. The minimum absolute atomic E-state index is 0.0722. The molecule has 0 aromatic heterocycles. The number of rotatable bonds is 3. The lowest BCUT2D eigenvalue weighted by Gasteiger charge is -2.16. The first kappa shape index (κ1) is 13.2. The maximum Gasteiger partial charge on any atom is 0.236 e. The zero-order valence-electron chi connectivity index (χ0n) is 12.2. The lowest BCUT2D eigenvalue weighted by Crippen LogP contribution is -2.33. The Morgan fingerprint density at radius 1 is 1.40 bits per heavy atom. The van der Waals surface area contributed by atoms with Gasteiger partial charge in [0, 0.05) is 18.8 Å². The summed E-state index contributed by atoms with van der Waals surface area (Å²) in [6.07, 6.45) is 2.59. The fraction of sp³-hybridized carbons (Fsp3) is 0.500. The molecule has 106 valence electrons. The average molecular weight is 272 g/mol. The molecule has 1 heterocycles. The first-order valence-corrected chi connectivity index (χ1v) is 7.10. The van der Waals surface area contributed by atoms with Gasteiger partial charge in [0.1, 0.15) is 0 Å². The van der Waals surface area contributed by atoms with Gasteiger partial charge in [0.05, 0.1) is 11.8 Å². The molecule has 0 atom stereocenters. The summed E-state index contributed by atoms with van der Waals surface area (Å²) in [5.41, 5.74) is 2.43. The van der Waals surface area contributed by atoms with Crippen LogP contribution >= 0.6 is 0 Å². The first-order chi connectivity index (χ1) is 9.39. The monoisotopic (exact) mass is 272 g/mol. The van der Waals surface area contributed by atoms with Crippen molar-refractivity contribution < 1.29 is 9.59 Å². The normalized spacial score (nSPS) is 19.9. The minimum Gasteiger partial charge on any atom is -0.353 e. The molecule has 1 aromatic rings. The highest BCUT2D eigenvalue weighted by Crippen LogP contribution is 2.41. The predicted molar refractivity (Wildman–Crippen MR) is 77.7 cm³/mol. The number of carbonyl (C=O) groups is 2. The van der Waals surface area contributed by atoms with Gasteiger partial charge in [-0.2, -0.15) is 0 Å². The molecule has 2 amide bonds. The Balaban J connectivity index is 1.84. The Morgan fingerprint density at radius 3 is 2.75 bits per heavy atom. The lowest BCUT2D eigenvalue weighted by molar-refractivity contribution is -0.122. The molecule has 0 saturated heterocycles. The maximum absolute atomic E-state index is 12.2. The summed E-state index contributed by atoms with van der Waals surface area (Å²) in [5.74, 6) is 0.176. The van der Waals surface area contributed by atoms with Crippen molar-refractivity contribution in [1.29, 1.82) is 0 Å². The molecule has 3 rings (SSSR count). The molecule has 0 bridgehead atoms.